The number of halogens is 2. The molecular formula is C13H17F2NO. The van der Waals surface area contributed by atoms with Crippen molar-refractivity contribution in [3.8, 4) is 0 Å². The Morgan fingerprint density at radius 1 is 1.35 bits per heavy atom. The third kappa shape index (κ3) is 2.48. The average Bonchev–Trinajstić information content (AvgIpc) is 2.80. The molecule has 17 heavy (non-hydrogen) atoms. The highest BCUT2D eigenvalue weighted by Crippen LogP contribution is 2.31. The van der Waals surface area contributed by atoms with Gasteiger partial charge in [0.15, 0.2) is 0 Å². The number of hydrogen-bond donors (Lipinski definition) is 1. The molecule has 0 aromatic heterocycles. The lowest BCUT2D eigenvalue weighted by Crippen LogP contribution is -2.26. The Morgan fingerprint density at radius 3 is 2.71 bits per heavy atom. The molecule has 0 amide bonds. The fourth-order valence-electron chi connectivity index (χ4n) is 2.38. The van der Waals surface area contributed by atoms with Gasteiger partial charge in [-0.2, -0.15) is 0 Å². The van der Waals surface area contributed by atoms with Gasteiger partial charge in [-0.25, -0.2) is 8.78 Å². The van der Waals surface area contributed by atoms with E-state index in [1.165, 1.54) is 0 Å². The van der Waals surface area contributed by atoms with Crippen LogP contribution in [0.25, 0.3) is 0 Å². The molecule has 2 nitrogen and oxygen atoms in total. The van der Waals surface area contributed by atoms with E-state index in [0.717, 1.165) is 12.5 Å². The van der Waals surface area contributed by atoms with Crippen molar-refractivity contribution in [2.24, 2.45) is 5.92 Å². The minimum absolute atomic E-state index is 0.114. The van der Waals surface area contributed by atoms with E-state index in [1.54, 1.807) is 20.0 Å². The summed E-state index contributed by atoms with van der Waals surface area (Å²) in [4.78, 5) is 0. The molecule has 1 heterocycles. The zero-order valence-electron chi connectivity index (χ0n) is 10.1. The Hall–Kier alpha value is -1.00. The zero-order chi connectivity index (χ0) is 12.4. The van der Waals surface area contributed by atoms with Crippen LogP contribution in [0.5, 0.6) is 0 Å². The van der Waals surface area contributed by atoms with Crippen molar-refractivity contribution in [2.45, 2.75) is 19.4 Å². The van der Waals surface area contributed by atoms with Gasteiger partial charge in [0, 0.05) is 30.2 Å². The van der Waals surface area contributed by atoms with Gasteiger partial charge in [0.05, 0.1) is 6.61 Å². The van der Waals surface area contributed by atoms with Gasteiger partial charge >= 0.3 is 0 Å². The number of nitrogens with one attached hydrogen (secondary N) is 1. The van der Waals surface area contributed by atoms with Gasteiger partial charge in [-0.15, -0.1) is 0 Å². The molecule has 0 saturated carbocycles. The van der Waals surface area contributed by atoms with Crippen molar-refractivity contribution in [3.05, 3.63) is 34.9 Å². The first kappa shape index (κ1) is 12.5. The normalized spacial score (nSPS) is 21.8. The van der Waals surface area contributed by atoms with E-state index in [9.17, 15) is 8.78 Å². The summed E-state index contributed by atoms with van der Waals surface area (Å²) < 4.78 is 32.3. The minimum atomic E-state index is -0.497. The second-order valence-corrected chi connectivity index (χ2v) is 4.51. The van der Waals surface area contributed by atoms with Crippen LogP contribution in [0.1, 0.15) is 23.6 Å². The molecule has 0 radical (unpaired) electrons. The van der Waals surface area contributed by atoms with Gasteiger partial charge in [-0.3, -0.25) is 0 Å². The van der Waals surface area contributed by atoms with Gasteiger partial charge in [0.2, 0.25) is 0 Å². The fraction of sp³-hybridized carbons (Fsp3) is 0.538. The van der Waals surface area contributed by atoms with Crippen LogP contribution in [-0.4, -0.2) is 20.3 Å². The Balaban J connectivity index is 2.32. The van der Waals surface area contributed by atoms with E-state index in [2.05, 4.69) is 5.32 Å². The van der Waals surface area contributed by atoms with Crippen LogP contribution < -0.4 is 5.32 Å². The topological polar surface area (TPSA) is 21.3 Å². The molecule has 1 aliphatic rings. The van der Waals surface area contributed by atoms with Crippen LogP contribution in [0.3, 0.4) is 0 Å². The summed E-state index contributed by atoms with van der Waals surface area (Å²) in [5.41, 5.74) is 1.00. The highest BCUT2D eigenvalue weighted by Gasteiger charge is 2.28. The first-order valence-electron chi connectivity index (χ1n) is 5.84. The molecule has 94 valence electrons. The summed E-state index contributed by atoms with van der Waals surface area (Å²) in [5.74, 6) is -0.734. The SMILES string of the molecule is CNC(c1cc(C)c(F)cc1F)C1CCOC1. The highest BCUT2D eigenvalue weighted by atomic mass is 19.1. The van der Waals surface area contributed by atoms with Crippen LogP contribution in [0.4, 0.5) is 8.78 Å². The maximum atomic E-state index is 13.8. The number of hydrogen-bond acceptors (Lipinski definition) is 2. The first-order valence-corrected chi connectivity index (χ1v) is 5.84. The van der Waals surface area contributed by atoms with E-state index in [-0.39, 0.29) is 12.0 Å². The van der Waals surface area contributed by atoms with Crippen LogP contribution in [0, 0.1) is 24.5 Å². The first-order chi connectivity index (χ1) is 8.13. The molecule has 1 fully saturated rings. The number of aryl methyl sites for hydroxylation is 1. The smallest absolute Gasteiger partial charge is 0.130 e. The minimum Gasteiger partial charge on any atom is -0.381 e. The molecule has 1 saturated heterocycles. The van der Waals surface area contributed by atoms with E-state index in [1.807, 2.05) is 0 Å². The summed E-state index contributed by atoms with van der Waals surface area (Å²) in [6, 6.07) is 2.44. The Bertz CT molecular complexity index is 403. The third-order valence-electron chi connectivity index (χ3n) is 3.36. The summed E-state index contributed by atoms with van der Waals surface area (Å²) in [6.07, 6.45) is 0.904. The number of rotatable bonds is 3. The van der Waals surface area contributed by atoms with Gasteiger partial charge in [0.25, 0.3) is 0 Å². The molecule has 1 aliphatic heterocycles. The van der Waals surface area contributed by atoms with E-state index < -0.39 is 11.6 Å². The molecule has 0 spiro atoms. The fourth-order valence-corrected chi connectivity index (χ4v) is 2.38. The van der Waals surface area contributed by atoms with Crippen LogP contribution in [-0.2, 0) is 4.74 Å². The van der Waals surface area contributed by atoms with Crippen molar-refractivity contribution in [3.63, 3.8) is 0 Å². The Kier molecular flexibility index (Phi) is 3.74. The van der Waals surface area contributed by atoms with Gasteiger partial charge in [-0.05, 0) is 32.0 Å². The van der Waals surface area contributed by atoms with Crippen molar-refractivity contribution < 1.29 is 13.5 Å². The van der Waals surface area contributed by atoms with Crippen molar-refractivity contribution in [1.29, 1.82) is 0 Å². The molecule has 2 unspecified atom stereocenters. The zero-order valence-corrected chi connectivity index (χ0v) is 10.1. The quantitative estimate of drug-likeness (QED) is 0.878. The van der Waals surface area contributed by atoms with Crippen molar-refractivity contribution >= 4 is 0 Å². The second-order valence-electron chi connectivity index (χ2n) is 4.51. The third-order valence-corrected chi connectivity index (χ3v) is 3.36. The van der Waals surface area contributed by atoms with Crippen molar-refractivity contribution in [2.75, 3.05) is 20.3 Å². The van der Waals surface area contributed by atoms with Gasteiger partial charge in [-0.1, -0.05) is 0 Å². The lowest BCUT2D eigenvalue weighted by molar-refractivity contribution is 0.177. The molecule has 1 aromatic rings. The predicted octanol–water partition coefficient (Wildman–Crippen LogP) is 2.57. The molecule has 1 aromatic carbocycles. The monoisotopic (exact) mass is 241 g/mol. The average molecular weight is 241 g/mol. The lowest BCUT2D eigenvalue weighted by atomic mass is 9.91. The maximum absolute atomic E-state index is 13.8. The summed E-state index contributed by atoms with van der Waals surface area (Å²) in [7, 11) is 1.79. The Labute approximate surface area is 100.0 Å². The standard InChI is InChI=1S/C13H17F2NO/c1-8-5-10(12(15)6-11(8)14)13(16-2)9-3-4-17-7-9/h5-6,9,13,16H,3-4,7H2,1-2H3. The lowest BCUT2D eigenvalue weighted by Gasteiger charge is -2.23. The van der Waals surface area contributed by atoms with Crippen LogP contribution in [0.15, 0.2) is 12.1 Å². The molecule has 1 N–H and O–H groups in total. The van der Waals surface area contributed by atoms with Crippen LogP contribution in [0.2, 0.25) is 0 Å². The number of ether oxygens (including phenoxy) is 1. The highest BCUT2D eigenvalue weighted by molar-refractivity contribution is 5.28. The van der Waals surface area contributed by atoms with E-state index >= 15 is 0 Å². The molecule has 0 bridgehead atoms. The predicted molar refractivity (Wildman–Crippen MR) is 61.8 cm³/mol. The van der Waals surface area contributed by atoms with E-state index in [4.69, 9.17) is 4.74 Å². The Morgan fingerprint density at radius 2 is 2.12 bits per heavy atom. The summed E-state index contributed by atoms with van der Waals surface area (Å²) in [5, 5.41) is 3.11. The largest absolute Gasteiger partial charge is 0.381 e. The van der Waals surface area contributed by atoms with Crippen LogP contribution >= 0.6 is 0 Å². The van der Waals surface area contributed by atoms with Crippen molar-refractivity contribution in [1.82, 2.24) is 5.32 Å². The van der Waals surface area contributed by atoms with Gasteiger partial charge < -0.3 is 10.1 Å². The molecule has 4 heteroatoms. The van der Waals surface area contributed by atoms with E-state index in [0.29, 0.717) is 24.3 Å². The molecule has 2 atom stereocenters. The summed E-state index contributed by atoms with van der Waals surface area (Å²) in [6.45, 7) is 2.99. The molecule has 2 rings (SSSR count). The maximum Gasteiger partial charge on any atom is 0.130 e. The second kappa shape index (κ2) is 5.10. The molecular weight excluding hydrogens is 224 g/mol. The molecule has 0 aliphatic carbocycles. The number of benzene rings is 1. The van der Waals surface area contributed by atoms with Gasteiger partial charge in [0.1, 0.15) is 11.6 Å². The summed E-state index contributed by atoms with van der Waals surface area (Å²) >= 11 is 0.